The number of ether oxygens (including phenoxy) is 2. The molecule has 2 saturated heterocycles. The third kappa shape index (κ3) is 5.53. The third-order valence-electron chi connectivity index (χ3n) is 14.2. The lowest BCUT2D eigenvalue weighted by molar-refractivity contribution is -0.952. The van der Waals surface area contributed by atoms with E-state index in [9.17, 15) is 9.59 Å². The Labute approximate surface area is 261 Å². The molecule has 6 heteroatoms. The fourth-order valence-electron chi connectivity index (χ4n) is 12.2. The highest BCUT2D eigenvalue weighted by molar-refractivity contribution is 5.69. The SMILES string of the molecule is C=CC[N+]1([C@H]2CC3C4CC[C@H]5C[C@H](OC(C)=O)[C@@H](N6CCCCC6)C[C@]5(C)C4CC[C@]3(C)[C@@H]2OC(=O)CC)CCCCC1. The Hall–Kier alpha value is -1.40. The van der Waals surface area contributed by atoms with Gasteiger partial charge < -0.3 is 14.0 Å². The third-order valence-corrected chi connectivity index (χ3v) is 14.2. The zero-order valence-corrected chi connectivity index (χ0v) is 27.9. The summed E-state index contributed by atoms with van der Waals surface area (Å²) in [6.45, 7) is 18.6. The van der Waals surface area contributed by atoms with Crippen molar-refractivity contribution in [2.24, 2.45) is 34.5 Å². The van der Waals surface area contributed by atoms with Crippen molar-refractivity contribution in [3.05, 3.63) is 12.7 Å². The zero-order chi connectivity index (χ0) is 30.4. The van der Waals surface area contributed by atoms with Crippen LogP contribution in [0, 0.1) is 34.5 Å². The van der Waals surface area contributed by atoms with Crippen LogP contribution < -0.4 is 0 Å². The largest absolute Gasteiger partial charge is 0.461 e. The molecule has 0 amide bonds. The molecule has 43 heavy (non-hydrogen) atoms. The maximum Gasteiger partial charge on any atom is 0.306 e. The van der Waals surface area contributed by atoms with Crippen LogP contribution in [0.4, 0.5) is 0 Å². The van der Waals surface area contributed by atoms with E-state index in [2.05, 4.69) is 31.4 Å². The smallest absolute Gasteiger partial charge is 0.306 e. The van der Waals surface area contributed by atoms with Crippen LogP contribution in [0.5, 0.6) is 0 Å². The molecule has 0 aromatic heterocycles. The molecule has 0 spiro atoms. The van der Waals surface area contributed by atoms with Crippen LogP contribution in [0.2, 0.25) is 0 Å². The second kappa shape index (κ2) is 12.4. The van der Waals surface area contributed by atoms with Gasteiger partial charge in [-0.3, -0.25) is 14.5 Å². The van der Waals surface area contributed by atoms with Crippen molar-refractivity contribution >= 4 is 11.9 Å². The molecule has 6 nitrogen and oxygen atoms in total. The van der Waals surface area contributed by atoms with Gasteiger partial charge in [-0.2, -0.15) is 0 Å². The van der Waals surface area contributed by atoms with E-state index in [1.807, 2.05) is 6.92 Å². The van der Waals surface area contributed by atoms with Gasteiger partial charge in [-0.05, 0) is 119 Å². The first-order valence-electron chi connectivity index (χ1n) is 18.2. The fraction of sp³-hybridized carbons (Fsp3) is 0.892. The lowest BCUT2D eigenvalue weighted by Gasteiger charge is -2.62. The number of hydrogen-bond donors (Lipinski definition) is 0. The van der Waals surface area contributed by atoms with E-state index < -0.39 is 0 Å². The Morgan fingerprint density at radius 2 is 1.65 bits per heavy atom. The van der Waals surface area contributed by atoms with Gasteiger partial charge in [0.25, 0.3) is 0 Å². The summed E-state index contributed by atoms with van der Waals surface area (Å²) in [5.74, 6) is 2.48. The Balaban J connectivity index is 1.31. The van der Waals surface area contributed by atoms with Crippen molar-refractivity contribution in [1.29, 1.82) is 0 Å². The average Bonchev–Trinajstić information content (AvgIpc) is 3.30. The highest BCUT2D eigenvalue weighted by atomic mass is 16.5. The molecular formula is C37H61N2O4+. The lowest BCUT2D eigenvalue weighted by atomic mass is 9.44. The maximum atomic E-state index is 13.0. The van der Waals surface area contributed by atoms with Crippen molar-refractivity contribution in [1.82, 2.24) is 4.90 Å². The Morgan fingerprint density at radius 3 is 2.33 bits per heavy atom. The van der Waals surface area contributed by atoms with Gasteiger partial charge in [-0.15, -0.1) is 0 Å². The molecule has 4 aliphatic carbocycles. The van der Waals surface area contributed by atoms with E-state index in [-0.39, 0.29) is 35.0 Å². The molecule has 2 aliphatic heterocycles. The monoisotopic (exact) mass is 597 g/mol. The highest BCUT2D eigenvalue weighted by Crippen LogP contribution is 2.68. The van der Waals surface area contributed by atoms with Crippen molar-refractivity contribution in [3.63, 3.8) is 0 Å². The Kier molecular flexibility index (Phi) is 9.12. The zero-order valence-electron chi connectivity index (χ0n) is 27.9. The van der Waals surface area contributed by atoms with Gasteiger partial charge in [0.2, 0.25) is 0 Å². The van der Waals surface area contributed by atoms with E-state index >= 15 is 0 Å². The van der Waals surface area contributed by atoms with Crippen LogP contribution in [0.15, 0.2) is 12.7 Å². The van der Waals surface area contributed by atoms with Crippen LogP contribution in [0.25, 0.3) is 0 Å². The first kappa shape index (κ1) is 31.6. The normalized spacial score (nSPS) is 44.4. The van der Waals surface area contributed by atoms with Crippen molar-refractivity contribution in [2.45, 2.75) is 142 Å². The van der Waals surface area contributed by atoms with Crippen LogP contribution in [-0.4, -0.2) is 78.3 Å². The van der Waals surface area contributed by atoms with Crippen LogP contribution in [-0.2, 0) is 19.1 Å². The molecule has 0 aromatic rings. The summed E-state index contributed by atoms with van der Waals surface area (Å²) in [6, 6.07) is 0.732. The summed E-state index contributed by atoms with van der Waals surface area (Å²) < 4.78 is 13.8. The summed E-state index contributed by atoms with van der Waals surface area (Å²) in [7, 11) is 0. The van der Waals surface area contributed by atoms with E-state index in [1.165, 1.54) is 77.3 Å². The van der Waals surface area contributed by atoms with Gasteiger partial charge in [0.1, 0.15) is 12.1 Å². The summed E-state index contributed by atoms with van der Waals surface area (Å²) in [4.78, 5) is 27.9. The summed E-state index contributed by atoms with van der Waals surface area (Å²) in [5, 5.41) is 0. The van der Waals surface area contributed by atoms with Crippen molar-refractivity contribution in [2.75, 3.05) is 32.7 Å². The van der Waals surface area contributed by atoms with Gasteiger partial charge in [0.15, 0.2) is 6.10 Å². The molecule has 6 fully saturated rings. The molecule has 0 bridgehead atoms. The summed E-state index contributed by atoms with van der Waals surface area (Å²) >= 11 is 0. The summed E-state index contributed by atoms with van der Waals surface area (Å²) in [5.41, 5.74) is 0.320. The van der Waals surface area contributed by atoms with E-state index in [4.69, 9.17) is 9.47 Å². The van der Waals surface area contributed by atoms with Crippen LogP contribution in [0.3, 0.4) is 0 Å². The quantitative estimate of drug-likeness (QED) is 0.181. The molecule has 2 heterocycles. The minimum absolute atomic E-state index is 0.00952. The van der Waals surface area contributed by atoms with Gasteiger partial charge in [0.05, 0.1) is 19.6 Å². The standard InChI is InChI=1S/C37H61N2O4/c1-6-20-39(21-12-9-13-22-39)32-24-30-28-15-14-27-23-33(42-26(3)40)31(38-18-10-8-11-19-38)25-37(27,5)29(28)16-17-36(30,4)35(32)43-34(41)7-2/h6,27-33,35H,1,7-25H2,2-5H3/q+1/t27-,28?,29?,30?,31-,32-,33-,35+,36-,37-/m0/s1. The molecule has 0 radical (unpaired) electrons. The molecule has 242 valence electrons. The number of quaternary nitrogens is 1. The van der Waals surface area contributed by atoms with Gasteiger partial charge >= 0.3 is 11.9 Å². The average molecular weight is 598 g/mol. The first-order chi connectivity index (χ1) is 20.6. The number of carbonyl (C=O) groups is 2. The molecule has 6 aliphatic rings. The predicted molar refractivity (Wildman–Crippen MR) is 170 cm³/mol. The Morgan fingerprint density at radius 1 is 0.930 bits per heavy atom. The van der Waals surface area contributed by atoms with Crippen LogP contribution >= 0.6 is 0 Å². The van der Waals surface area contributed by atoms with E-state index in [0.29, 0.717) is 42.2 Å². The minimum Gasteiger partial charge on any atom is -0.461 e. The molecule has 3 unspecified atom stereocenters. The first-order valence-corrected chi connectivity index (χ1v) is 18.2. The molecule has 0 aromatic carbocycles. The second-order valence-corrected chi connectivity index (χ2v) is 16.2. The number of esters is 2. The fourth-order valence-corrected chi connectivity index (χ4v) is 12.2. The topological polar surface area (TPSA) is 55.8 Å². The molecule has 6 rings (SSSR count). The van der Waals surface area contributed by atoms with Crippen molar-refractivity contribution < 1.29 is 23.5 Å². The van der Waals surface area contributed by atoms with Gasteiger partial charge in [-0.25, -0.2) is 0 Å². The number of hydrogen-bond acceptors (Lipinski definition) is 5. The second-order valence-electron chi connectivity index (χ2n) is 16.2. The summed E-state index contributed by atoms with van der Waals surface area (Å²) in [6.07, 6.45) is 18.7. The van der Waals surface area contributed by atoms with Crippen molar-refractivity contribution in [3.8, 4) is 0 Å². The number of carbonyl (C=O) groups excluding carboxylic acids is 2. The highest BCUT2D eigenvalue weighted by Gasteiger charge is 2.67. The molecular weight excluding hydrogens is 536 g/mol. The number of nitrogens with zero attached hydrogens (tertiary/aromatic N) is 2. The Bertz CT molecular complexity index is 1030. The molecule has 10 atom stereocenters. The molecule has 0 N–H and O–H groups in total. The minimum atomic E-state index is -0.114. The van der Waals surface area contributed by atoms with Gasteiger partial charge in [0, 0.05) is 31.2 Å². The predicted octanol–water partition coefficient (Wildman–Crippen LogP) is 6.91. The van der Waals surface area contributed by atoms with E-state index in [1.54, 1.807) is 6.92 Å². The van der Waals surface area contributed by atoms with Gasteiger partial charge in [-0.1, -0.05) is 33.8 Å². The maximum absolute atomic E-state index is 13.0. The number of likely N-dealkylation sites (tertiary alicyclic amines) is 2. The molecule has 4 saturated carbocycles. The number of rotatable bonds is 7. The number of fused-ring (bicyclic) bond motifs is 5. The van der Waals surface area contributed by atoms with Crippen LogP contribution in [0.1, 0.15) is 118 Å². The lowest BCUT2D eigenvalue weighted by Crippen LogP contribution is -2.63. The number of piperidine rings is 2. The van der Waals surface area contributed by atoms with E-state index in [0.717, 1.165) is 43.4 Å².